The monoisotopic (exact) mass is 343 g/mol. The number of anilines is 1. The fourth-order valence-corrected chi connectivity index (χ4v) is 2.36. The van der Waals surface area contributed by atoms with Crippen molar-refractivity contribution in [2.75, 3.05) is 5.32 Å². The van der Waals surface area contributed by atoms with Gasteiger partial charge in [-0.25, -0.2) is 4.98 Å². The Bertz CT molecular complexity index is 739. The highest BCUT2D eigenvalue weighted by Gasteiger charge is 2.04. The number of pyridine rings is 1. The highest BCUT2D eigenvalue weighted by molar-refractivity contribution is 9.10. The van der Waals surface area contributed by atoms with E-state index in [4.69, 9.17) is 0 Å². The maximum atomic E-state index is 4.46. The first kappa shape index (κ1) is 13.8. The number of rotatable bonds is 4. The Labute approximate surface area is 131 Å². The molecular weight excluding hydrogens is 330 g/mol. The van der Waals surface area contributed by atoms with Crippen molar-refractivity contribution in [3.05, 3.63) is 64.7 Å². The zero-order valence-corrected chi connectivity index (χ0v) is 13.1. The average Bonchev–Trinajstić information content (AvgIpc) is 2.96. The van der Waals surface area contributed by atoms with E-state index in [0.717, 1.165) is 27.4 Å². The molecule has 0 aliphatic carbocycles. The van der Waals surface area contributed by atoms with E-state index in [0.29, 0.717) is 6.54 Å². The molecule has 0 bridgehead atoms. The molecule has 0 saturated carbocycles. The lowest BCUT2D eigenvalue weighted by molar-refractivity contribution is 0.740. The molecule has 0 atom stereocenters. The molecule has 0 unspecified atom stereocenters. The summed E-state index contributed by atoms with van der Waals surface area (Å²) in [5.41, 5.74) is 3.76. The van der Waals surface area contributed by atoms with E-state index in [1.165, 1.54) is 0 Å². The third kappa shape index (κ3) is 3.28. The molecular formula is C15H14BrN5. The molecule has 0 amide bonds. The van der Waals surface area contributed by atoms with Crippen molar-refractivity contribution in [1.82, 2.24) is 20.0 Å². The van der Waals surface area contributed by atoms with E-state index in [9.17, 15) is 0 Å². The summed E-state index contributed by atoms with van der Waals surface area (Å²) >= 11 is 3.36. The van der Waals surface area contributed by atoms with Crippen LogP contribution in [0.3, 0.4) is 0 Å². The van der Waals surface area contributed by atoms with Gasteiger partial charge in [-0.1, -0.05) is 18.2 Å². The molecule has 1 aromatic carbocycles. The average molecular weight is 344 g/mol. The summed E-state index contributed by atoms with van der Waals surface area (Å²) in [6.45, 7) is 2.57. The summed E-state index contributed by atoms with van der Waals surface area (Å²) < 4.78 is 0.834. The molecule has 6 heteroatoms. The van der Waals surface area contributed by atoms with Crippen LogP contribution < -0.4 is 5.32 Å². The van der Waals surface area contributed by atoms with E-state index in [2.05, 4.69) is 36.4 Å². The second-order valence-electron chi connectivity index (χ2n) is 4.58. The van der Waals surface area contributed by atoms with Crippen molar-refractivity contribution in [1.29, 1.82) is 0 Å². The summed E-state index contributed by atoms with van der Waals surface area (Å²) in [6, 6.07) is 13.8. The largest absolute Gasteiger partial charge is 0.378 e. The molecule has 3 aromatic rings. The van der Waals surface area contributed by atoms with Gasteiger partial charge in [-0.15, -0.1) is 0 Å². The van der Waals surface area contributed by atoms with Gasteiger partial charge in [0, 0.05) is 0 Å². The van der Waals surface area contributed by atoms with Crippen LogP contribution in [0.5, 0.6) is 0 Å². The molecule has 0 aliphatic heterocycles. The molecule has 21 heavy (non-hydrogen) atoms. The molecule has 0 fully saturated rings. The molecule has 3 rings (SSSR count). The Hall–Kier alpha value is -2.21. The molecule has 0 aliphatic rings. The first-order chi connectivity index (χ1) is 10.2. The lowest BCUT2D eigenvalue weighted by Crippen LogP contribution is -2.04. The van der Waals surface area contributed by atoms with E-state index in [1.807, 2.05) is 49.4 Å². The standard InChI is InChI=1S/C15H14BrN5/c1-11-14(7-8-15(16)19-11)17-9-12-10-18-21(20-12)13-5-3-2-4-6-13/h2-8,10,17H,9H2,1H3. The van der Waals surface area contributed by atoms with Gasteiger partial charge < -0.3 is 5.32 Å². The van der Waals surface area contributed by atoms with Crippen LogP contribution in [0.15, 0.2) is 53.3 Å². The minimum atomic E-state index is 0.608. The van der Waals surface area contributed by atoms with Crippen molar-refractivity contribution >= 4 is 21.6 Å². The van der Waals surface area contributed by atoms with Crippen LogP contribution in [0.25, 0.3) is 5.69 Å². The molecule has 5 nitrogen and oxygen atoms in total. The van der Waals surface area contributed by atoms with Gasteiger partial charge in [-0.2, -0.15) is 15.0 Å². The maximum Gasteiger partial charge on any atom is 0.106 e. The lowest BCUT2D eigenvalue weighted by Gasteiger charge is -2.07. The first-order valence-electron chi connectivity index (χ1n) is 6.56. The molecule has 2 aromatic heterocycles. The van der Waals surface area contributed by atoms with Crippen LogP contribution in [-0.2, 0) is 6.54 Å². The normalized spacial score (nSPS) is 10.6. The topological polar surface area (TPSA) is 55.6 Å². The zero-order valence-electron chi connectivity index (χ0n) is 11.5. The molecule has 0 spiro atoms. The predicted molar refractivity (Wildman–Crippen MR) is 85.4 cm³/mol. The van der Waals surface area contributed by atoms with Crippen molar-refractivity contribution in [2.45, 2.75) is 13.5 Å². The van der Waals surface area contributed by atoms with E-state index >= 15 is 0 Å². The Balaban J connectivity index is 1.70. The second-order valence-corrected chi connectivity index (χ2v) is 5.39. The van der Waals surface area contributed by atoms with Gasteiger partial charge in [0.2, 0.25) is 0 Å². The highest BCUT2D eigenvalue weighted by atomic mass is 79.9. The Morgan fingerprint density at radius 1 is 1.14 bits per heavy atom. The van der Waals surface area contributed by atoms with Gasteiger partial charge in [-0.05, 0) is 47.1 Å². The highest BCUT2D eigenvalue weighted by Crippen LogP contribution is 2.16. The smallest absolute Gasteiger partial charge is 0.106 e. The Kier molecular flexibility index (Phi) is 3.96. The third-order valence-electron chi connectivity index (χ3n) is 3.04. The predicted octanol–water partition coefficient (Wildman–Crippen LogP) is 3.35. The quantitative estimate of drug-likeness (QED) is 0.738. The van der Waals surface area contributed by atoms with Crippen LogP contribution in [0.2, 0.25) is 0 Å². The minimum absolute atomic E-state index is 0.608. The van der Waals surface area contributed by atoms with Crippen molar-refractivity contribution in [3.63, 3.8) is 0 Å². The SMILES string of the molecule is Cc1nc(Br)ccc1NCc1cnn(-c2ccccc2)n1. The lowest BCUT2D eigenvalue weighted by atomic mass is 10.3. The molecule has 0 radical (unpaired) electrons. The number of para-hydroxylation sites is 1. The van der Waals surface area contributed by atoms with Crippen molar-refractivity contribution < 1.29 is 0 Å². The number of benzene rings is 1. The zero-order chi connectivity index (χ0) is 14.7. The van der Waals surface area contributed by atoms with Gasteiger partial charge in [0.15, 0.2) is 0 Å². The number of nitrogens with zero attached hydrogens (tertiary/aromatic N) is 4. The fourth-order valence-electron chi connectivity index (χ4n) is 1.96. The van der Waals surface area contributed by atoms with Crippen LogP contribution in [-0.4, -0.2) is 20.0 Å². The maximum absolute atomic E-state index is 4.46. The minimum Gasteiger partial charge on any atom is -0.378 e. The summed E-state index contributed by atoms with van der Waals surface area (Å²) in [6.07, 6.45) is 1.77. The number of halogens is 1. The van der Waals surface area contributed by atoms with Crippen LogP contribution >= 0.6 is 15.9 Å². The van der Waals surface area contributed by atoms with Gasteiger partial charge >= 0.3 is 0 Å². The molecule has 1 N–H and O–H groups in total. The first-order valence-corrected chi connectivity index (χ1v) is 7.35. The number of hydrogen-bond acceptors (Lipinski definition) is 4. The molecule has 106 valence electrons. The summed E-state index contributed by atoms with van der Waals surface area (Å²) in [7, 11) is 0. The number of aryl methyl sites for hydroxylation is 1. The van der Waals surface area contributed by atoms with Crippen LogP contribution in [0.4, 0.5) is 5.69 Å². The van der Waals surface area contributed by atoms with Crippen molar-refractivity contribution in [3.8, 4) is 5.69 Å². The summed E-state index contributed by atoms with van der Waals surface area (Å²) in [5.74, 6) is 0. The van der Waals surface area contributed by atoms with Gasteiger partial charge in [0.25, 0.3) is 0 Å². The van der Waals surface area contributed by atoms with Gasteiger partial charge in [0.1, 0.15) is 10.3 Å². The molecule has 2 heterocycles. The Morgan fingerprint density at radius 3 is 2.71 bits per heavy atom. The Morgan fingerprint density at radius 2 is 1.95 bits per heavy atom. The fraction of sp³-hybridized carbons (Fsp3) is 0.133. The summed E-state index contributed by atoms with van der Waals surface area (Å²) in [5, 5.41) is 12.1. The van der Waals surface area contributed by atoms with Crippen LogP contribution in [0.1, 0.15) is 11.4 Å². The summed E-state index contributed by atoms with van der Waals surface area (Å²) in [4.78, 5) is 5.98. The van der Waals surface area contributed by atoms with Crippen molar-refractivity contribution in [2.24, 2.45) is 0 Å². The van der Waals surface area contributed by atoms with Gasteiger partial charge in [-0.3, -0.25) is 0 Å². The van der Waals surface area contributed by atoms with E-state index in [-0.39, 0.29) is 0 Å². The van der Waals surface area contributed by atoms with Gasteiger partial charge in [0.05, 0.1) is 29.8 Å². The number of hydrogen-bond donors (Lipinski definition) is 1. The third-order valence-corrected chi connectivity index (χ3v) is 3.48. The molecule has 0 saturated heterocycles. The van der Waals surface area contributed by atoms with Crippen LogP contribution in [0, 0.1) is 6.92 Å². The van der Waals surface area contributed by atoms with E-state index < -0.39 is 0 Å². The van der Waals surface area contributed by atoms with E-state index in [1.54, 1.807) is 11.0 Å². The number of aromatic nitrogens is 4. The second kappa shape index (κ2) is 6.05. The number of nitrogens with one attached hydrogen (secondary N) is 1.